The van der Waals surface area contributed by atoms with Gasteiger partial charge in [0.1, 0.15) is 0 Å². The summed E-state index contributed by atoms with van der Waals surface area (Å²) in [6.07, 6.45) is 2.08. The second-order valence-electron chi connectivity index (χ2n) is 4.25. The zero-order chi connectivity index (χ0) is 13.0. The van der Waals surface area contributed by atoms with E-state index in [0.29, 0.717) is 11.8 Å². The van der Waals surface area contributed by atoms with E-state index in [-0.39, 0.29) is 6.04 Å². The van der Waals surface area contributed by atoms with Gasteiger partial charge < -0.3 is 9.73 Å². The summed E-state index contributed by atoms with van der Waals surface area (Å²) in [4.78, 5) is 1.10. The molecular formula is C13H19N3OS. The van der Waals surface area contributed by atoms with E-state index in [1.165, 1.54) is 5.56 Å². The first-order valence-corrected chi connectivity index (χ1v) is 7.27. The molecule has 0 aromatic carbocycles. The fraction of sp³-hybridized carbons (Fsp3) is 0.538. The number of hydrogen-bond donors (Lipinski definition) is 1. The van der Waals surface area contributed by atoms with Crippen molar-refractivity contribution in [2.75, 3.05) is 6.54 Å². The summed E-state index contributed by atoms with van der Waals surface area (Å²) in [5.74, 6) is 1.30. The average molecular weight is 265 g/mol. The second-order valence-corrected chi connectivity index (χ2v) is 5.17. The molecule has 0 radical (unpaired) electrons. The zero-order valence-electron chi connectivity index (χ0n) is 11.1. The molecule has 0 amide bonds. The average Bonchev–Trinajstić information content (AvgIpc) is 3.02. The van der Waals surface area contributed by atoms with Gasteiger partial charge in [0, 0.05) is 0 Å². The van der Waals surface area contributed by atoms with Crippen molar-refractivity contribution in [3.63, 3.8) is 0 Å². The first-order valence-electron chi connectivity index (χ1n) is 6.39. The summed E-state index contributed by atoms with van der Waals surface area (Å²) in [6, 6.07) is 2.22. The second kappa shape index (κ2) is 6.11. The quantitative estimate of drug-likeness (QED) is 0.869. The van der Waals surface area contributed by atoms with Crippen LogP contribution in [0.25, 0.3) is 10.8 Å². The molecule has 0 bridgehead atoms. The topological polar surface area (TPSA) is 51.0 Å². The fourth-order valence-corrected chi connectivity index (χ4v) is 2.67. The molecule has 0 saturated heterocycles. The van der Waals surface area contributed by atoms with Crippen molar-refractivity contribution < 1.29 is 4.42 Å². The van der Waals surface area contributed by atoms with Crippen LogP contribution in [0.5, 0.6) is 0 Å². The summed E-state index contributed by atoms with van der Waals surface area (Å²) in [5.41, 5.74) is 1.27. The van der Waals surface area contributed by atoms with Crippen LogP contribution in [0.15, 0.2) is 15.9 Å². The van der Waals surface area contributed by atoms with Gasteiger partial charge >= 0.3 is 0 Å². The van der Waals surface area contributed by atoms with Gasteiger partial charge in [-0.25, -0.2) is 0 Å². The third-order valence-electron chi connectivity index (χ3n) is 2.83. The summed E-state index contributed by atoms with van der Waals surface area (Å²) in [5, 5.41) is 13.7. The molecule has 2 rings (SSSR count). The number of aryl methyl sites for hydroxylation is 1. The van der Waals surface area contributed by atoms with Gasteiger partial charge in [0.25, 0.3) is 5.89 Å². The summed E-state index contributed by atoms with van der Waals surface area (Å²) in [7, 11) is 0. The largest absolute Gasteiger partial charge is 0.418 e. The molecule has 98 valence electrons. The monoisotopic (exact) mass is 265 g/mol. The van der Waals surface area contributed by atoms with Gasteiger partial charge in [0.05, 0.1) is 10.9 Å². The molecule has 4 nitrogen and oxygen atoms in total. The SMILES string of the molecule is CCCNC(C)c1nnc(-c2sccc2CC)o1. The van der Waals surface area contributed by atoms with Crippen LogP contribution in [0.1, 0.15) is 44.7 Å². The lowest BCUT2D eigenvalue weighted by atomic mass is 10.2. The van der Waals surface area contributed by atoms with E-state index in [1.807, 2.05) is 6.92 Å². The molecule has 2 aromatic rings. The lowest BCUT2D eigenvalue weighted by Crippen LogP contribution is -2.19. The summed E-state index contributed by atoms with van der Waals surface area (Å²) < 4.78 is 5.76. The zero-order valence-corrected chi connectivity index (χ0v) is 11.9. The standard InChI is InChI=1S/C13H19N3OS/c1-4-7-14-9(3)12-15-16-13(17-12)11-10(5-2)6-8-18-11/h6,8-9,14H,4-5,7H2,1-3H3. The van der Waals surface area contributed by atoms with Crippen LogP contribution in [-0.2, 0) is 6.42 Å². The third kappa shape index (κ3) is 2.79. The van der Waals surface area contributed by atoms with E-state index in [9.17, 15) is 0 Å². The highest BCUT2D eigenvalue weighted by Crippen LogP contribution is 2.29. The van der Waals surface area contributed by atoms with E-state index in [0.717, 1.165) is 24.3 Å². The van der Waals surface area contributed by atoms with Crippen LogP contribution in [0, 0.1) is 0 Å². The molecule has 0 saturated carbocycles. The molecule has 0 aliphatic carbocycles. The van der Waals surface area contributed by atoms with E-state index in [1.54, 1.807) is 11.3 Å². The molecule has 0 aliphatic rings. The van der Waals surface area contributed by atoms with Crippen molar-refractivity contribution in [2.45, 2.75) is 39.7 Å². The van der Waals surface area contributed by atoms with E-state index in [4.69, 9.17) is 4.42 Å². The van der Waals surface area contributed by atoms with Crippen LogP contribution < -0.4 is 5.32 Å². The minimum Gasteiger partial charge on any atom is -0.418 e. The number of nitrogens with one attached hydrogen (secondary N) is 1. The molecule has 2 aromatic heterocycles. The number of nitrogens with zero attached hydrogens (tertiary/aromatic N) is 2. The molecule has 2 heterocycles. The highest BCUT2D eigenvalue weighted by Gasteiger charge is 2.16. The third-order valence-corrected chi connectivity index (χ3v) is 3.78. The Balaban J connectivity index is 2.15. The van der Waals surface area contributed by atoms with Gasteiger partial charge in [0.2, 0.25) is 5.89 Å². The number of hydrogen-bond acceptors (Lipinski definition) is 5. The Kier molecular flexibility index (Phi) is 4.49. The van der Waals surface area contributed by atoms with Crippen LogP contribution in [0.3, 0.4) is 0 Å². The van der Waals surface area contributed by atoms with Crippen molar-refractivity contribution in [2.24, 2.45) is 0 Å². The molecule has 18 heavy (non-hydrogen) atoms. The highest BCUT2D eigenvalue weighted by atomic mass is 32.1. The van der Waals surface area contributed by atoms with Crippen molar-refractivity contribution in [1.82, 2.24) is 15.5 Å². The maximum absolute atomic E-state index is 5.76. The molecular weight excluding hydrogens is 246 g/mol. The minimum absolute atomic E-state index is 0.108. The first kappa shape index (κ1) is 13.2. The summed E-state index contributed by atoms with van der Waals surface area (Å²) >= 11 is 1.65. The Labute approximate surface area is 111 Å². The lowest BCUT2D eigenvalue weighted by Gasteiger charge is -2.07. The minimum atomic E-state index is 0.108. The van der Waals surface area contributed by atoms with E-state index >= 15 is 0 Å². The summed E-state index contributed by atoms with van der Waals surface area (Å²) in [6.45, 7) is 7.27. The van der Waals surface area contributed by atoms with Gasteiger partial charge in [0.15, 0.2) is 0 Å². The van der Waals surface area contributed by atoms with E-state index in [2.05, 4.69) is 40.8 Å². The Morgan fingerprint density at radius 3 is 2.94 bits per heavy atom. The molecule has 0 spiro atoms. The molecule has 1 atom stereocenters. The van der Waals surface area contributed by atoms with Gasteiger partial charge in [-0.2, -0.15) is 0 Å². The maximum Gasteiger partial charge on any atom is 0.258 e. The van der Waals surface area contributed by atoms with Crippen LogP contribution >= 0.6 is 11.3 Å². The highest BCUT2D eigenvalue weighted by molar-refractivity contribution is 7.13. The van der Waals surface area contributed by atoms with Crippen molar-refractivity contribution in [1.29, 1.82) is 0 Å². The van der Waals surface area contributed by atoms with Crippen LogP contribution in [0.4, 0.5) is 0 Å². The smallest absolute Gasteiger partial charge is 0.258 e. The van der Waals surface area contributed by atoms with Gasteiger partial charge in [-0.3, -0.25) is 0 Å². The van der Waals surface area contributed by atoms with Crippen LogP contribution in [0.2, 0.25) is 0 Å². The molecule has 1 unspecified atom stereocenters. The van der Waals surface area contributed by atoms with Gasteiger partial charge in [-0.15, -0.1) is 21.5 Å². The van der Waals surface area contributed by atoms with Crippen molar-refractivity contribution in [3.05, 3.63) is 22.9 Å². The number of thiophene rings is 1. The van der Waals surface area contributed by atoms with Crippen molar-refractivity contribution in [3.8, 4) is 10.8 Å². The van der Waals surface area contributed by atoms with E-state index < -0.39 is 0 Å². The van der Waals surface area contributed by atoms with Crippen LogP contribution in [-0.4, -0.2) is 16.7 Å². The molecule has 0 aliphatic heterocycles. The van der Waals surface area contributed by atoms with Gasteiger partial charge in [-0.05, 0) is 43.3 Å². The number of rotatable bonds is 6. The lowest BCUT2D eigenvalue weighted by molar-refractivity contribution is 0.423. The fourth-order valence-electron chi connectivity index (χ4n) is 1.75. The number of aromatic nitrogens is 2. The first-order chi connectivity index (χ1) is 8.76. The normalized spacial score (nSPS) is 12.8. The predicted molar refractivity (Wildman–Crippen MR) is 73.7 cm³/mol. The Morgan fingerprint density at radius 1 is 1.39 bits per heavy atom. The Bertz CT molecular complexity index is 492. The van der Waals surface area contributed by atoms with Crippen molar-refractivity contribution >= 4 is 11.3 Å². The Morgan fingerprint density at radius 2 is 2.22 bits per heavy atom. The maximum atomic E-state index is 5.76. The molecule has 0 fully saturated rings. The predicted octanol–water partition coefficient (Wildman–Crippen LogP) is 3.42. The van der Waals surface area contributed by atoms with Gasteiger partial charge in [-0.1, -0.05) is 13.8 Å². The molecule has 1 N–H and O–H groups in total. The Hall–Kier alpha value is -1.20. The molecule has 5 heteroatoms.